The van der Waals surface area contributed by atoms with E-state index in [4.69, 9.17) is 0 Å². The van der Waals surface area contributed by atoms with Gasteiger partial charge in [0, 0.05) is 19.2 Å². The number of aromatic amines is 1. The molecule has 0 aliphatic heterocycles. The number of rotatable bonds is 5. The lowest BCUT2D eigenvalue weighted by molar-refractivity contribution is -0.130. The average Bonchev–Trinajstić information content (AvgIpc) is 2.60. The summed E-state index contributed by atoms with van der Waals surface area (Å²) in [5.74, 6) is 2.42. The van der Waals surface area contributed by atoms with Gasteiger partial charge in [-0.2, -0.15) is 16.9 Å². The molecule has 1 N–H and O–H groups in total. The van der Waals surface area contributed by atoms with E-state index >= 15 is 0 Å². The molecule has 1 rings (SSSR count). The number of nitrogens with one attached hydrogen (secondary N) is 1. The first-order valence-electron chi connectivity index (χ1n) is 4.74. The Morgan fingerprint density at radius 2 is 2.33 bits per heavy atom. The van der Waals surface area contributed by atoms with E-state index in [0.717, 1.165) is 11.6 Å². The zero-order valence-corrected chi connectivity index (χ0v) is 10.1. The molecule has 0 atom stereocenters. The first-order chi connectivity index (χ1) is 7.13. The average molecular weight is 228 g/mol. The van der Waals surface area contributed by atoms with Crippen molar-refractivity contribution in [2.24, 2.45) is 0 Å². The predicted molar refractivity (Wildman–Crippen MR) is 60.6 cm³/mol. The lowest BCUT2D eigenvalue weighted by Gasteiger charge is -2.14. The molecule has 5 nitrogen and oxygen atoms in total. The maximum atomic E-state index is 11.6. The van der Waals surface area contributed by atoms with E-state index in [9.17, 15) is 4.79 Å². The van der Waals surface area contributed by atoms with Crippen molar-refractivity contribution in [2.45, 2.75) is 19.9 Å². The highest BCUT2D eigenvalue weighted by atomic mass is 32.2. The summed E-state index contributed by atoms with van der Waals surface area (Å²) < 4.78 is 0. The zero-order valence-electron chi connectivity index (χ0n) is 9.28. The summed E-state index contributed by atoms with van der Waals surface area (Å²) in [6.45, 7) is 2.31. The smallest absolute Gasteiger partial charge is 0.223 e. The maximum Gasteiger partial charge on any atom is 0.223 e. The summed E-state index contributed by atoms with van der Waals surface area (Å²) in [7, 11) is 1.77. The molecule has 0 aliphatic carbocycles. The van der Waals surface area contributed by atoms with E-state index in [1.54, 1.807) is 23.7 Å². The van der Waals surface area contributed by atoms with E-state index < -0.39 is 0 Å². The summed E-state index contributed by atoms with van der Waals surface area (Å²) >= 11 is 1.67. The van der Waals surface area contributed by atoms with Gasteiger partial charge in [-0.25, -0.2) is 4.98 Å². The summed E-state index contributed by atoms with van der Waals surface area (Å²) in [4.78, 5) is 17.4. The topological polar surface area (TPSA) is 61.9 Å². The molecule has 1 aromatic rings. The molecule has 1 heterocycles. The maximum absolute atomic E-state index is 11.6. The standard InChI is InChI=1S/C9H16N4OS/c1-7-10-8(12-11-7)6-13(2)9(14)4-5-15-3/h4-6H2,1-3H3,(H,10,11,12). The molecule has 0 saturated heterocycles. The van der Waals surface area contributed by atoms with Crippen LogP contribution in [0.15, 0.2) is 0 Å². The molecule has 0 spiro atoms. The lowest BCUT2D eigenvalue weighted by atomic mass is 10.4. The number of amides is 1. The second-order valence-corrected chi connectivity index (χ2v) is 4.32. The van der Waals surface area contributed by atoms with Crippen LogP contribution in [0.4, 0.5) is 0 Å². The summed E-state index contributed by atoms with van der Waals surface area (Å²) in [5, 5.41) is 6.74. The number of nitrogens with zero attached hydrogens (tertiary/aromatic N) is 3. The van der Waals surface area contributed by atoms with Gasteiger partial charge in [0.1, 0.15) is 5.82 Å². The van der Waals surface area contributed by atoms with Gasteiger partial charge in [-0.15, -0.1) is 0 Å². The van der Waals surface area contributed by atoms with Crippen LogP contribution in [0.3, 0.4) is 0 Å². The van der Waals surface area contributed by atoms with Crippen molar-refractivity contribution >= 4 is 17.7 Å². The quantitative estimate of drug-likeness (QED) is 0.810. The number of hydrogen-bond donors (Lipinski definition) is 1. The number of carbonyl (C=O) groups is 1. The molecule has 0 aromatic carbocycles. The highest BCUT2D eigenvalue weighted by molar-refractivity contribution is 7.98. The minimum absolute atomic E-state index is 0.131. The normalized spacial score (nSPS) is 10.3. The molecular weight excluding hydrogens is 212 g/mol. The fourth-order valence-electron chi connectivity index (χ4n) is 1.14. The molecular formula is C9H16N4OS. The Kier molecular flexibility index (Phi) is 4.61. The fourth-order valence-corrected chi connectivity index (χ4v) is 1.52. The van der Waals surface area contributed by atoms with Crippen LogP contribution in [0.25, 0.3) is 0 Å². The Morgan fingerprint density at radius 3 is 2.87 bits per heavy atom. The fraction of sp³-hybridized carbons (Fsp3) is 0.667. The number of hydrogen-bond acceptors (Lipinski definition) is 4. The molecule has 1 amide bonds. The molecule has 6 heteroatoms. The first kappa shape index (κ1) is 12.0. The zero-order chi connectivity index (χ0) is 11.3. The van der Waals surface area contributed by atoms with Crippen LogP contribution in [-0.4, -0.2) is 45.0 Å². The number of H-pyrrole nitrogens is 1. The Hall–Kier alpha value is -1.04. The SMILES string of the molecule is CSCCC(=O)N(C)Cc1n[nH]c(C)n1. The van der Waals surface area contributed by atoms with E-state index in [1.807, 2.05) is 13.2 Å². The van der Waals surface area contributed by atoms with Gasteiger partial charge in [0.05, 0.1) is 6.54 Å². The van der Waals surface area contributed by atoms with Crippen molar-refractivity contribution in [1.29, 1.82) is 0 Å². The molecule has 0 bridgehead atoms. The van der Waals surface area contributed by atoms with Crippen molar-refractivity contribution in [3.05, 3.63) is 11.6 Å². The third-order valence-electron chi connectivity index (χ3n) is 1.97. The second-order valence-electron chi connectivity index (χ2n) is 3.33. The summed E-state index contributed by atoms with van der Waals surface area (Å²) in [6, 6.07) is 0. The molecule has 0 aliphatic rings. The minimum atomic E-state index is 0.131. The Bertz CT molecular complexity index is 326. The number of carbonyl (C=O) groups excluding carboxylic acids is 1. The molecule has 0 saturated carbocycles. The van der Waals surface area contributed by atoms with Gasteiger partial charge in [0.15, 0.2) is 5.82 Å². The molecule has 15 heavy (non-hydrogen) atoms. The van der Waals surface area contributed by atoms with Gasteiger partial charge >= 0.3 is 0 Å². The monoisotopic (exact) mass is 228 g/mol. The Balaban J connectivity index is 2.41. The third kappa shape index (κ3) is 3.91. The van der Waals surface area contributed by atoms with E-state index in [2.05, 4.69) is 15.2 Å². The van der Waals surface area contributed by atoms with Gasteiger partial charge in [0.2, 0.25) is 5.91 Å². The van der Waals surface area contributed by atoms with Crippen molar-refractivity contribution in [2.75, 3.05) is 19.1 Å². The Morgan fingerprint density at radius 1 is 1.60 bits per heavy atom. The number of thioether (sulfide) groups is 1. The van der Waals surface area contributed by atoms with Crippen molar-refractivity contribution in [3.8, 4) is 0 Å². The molecule has 1 aromatic heterocycles. The van der Waals surface area contributed by atoms with Crippen LogP contribution in [0.1, 0.15) is 18.1 Å². The molecule has 0 radical (unpaired) electrons. The summed E-state index contributed by atoms with van der Waals surface area (Å²) in [5.41, 5.74) is 0. The van der Waals surface area contributed by atoms with Crippen LogP contribution >= 0.6 is 11.8 Å². The predicted octanol–water partition coefficient (Wildman–Crippen LogP) is 0.825. The summed E-state index contributed by atoms with van der Waals surface area (Å²) in [6.07, 6.45) is 2.56. The van der Waals surface area contributed by atoms with Gasteiger partial charge in [0.25, 0.3) is 0 Å². The first-order valence-corrected chi connectivity index (χ1v) is 6.13. The second kappa shape index (κ2) is 5.75. The van der Waals surface area contributed by atoms with Gasteiger partial charge in [-0.3, -0.25) is 9.89 Å². The van der Waals surface area contributed by atoms with Crippen LogP contribution < -0.4 is 0 Å². The van der Waals surface area contributed by atoms with Crippen LogP contribution in [0.5, 0.6) is 0 Å². The molecule has 0 unspecified atom stereocenters. The molecule has 84 valence electrons. The minimum Gasteiger partial charge on any atom is -0.338 e. The van der Waals surface area contributed by atoms with E-state index in [1.165, 1.54) is 0 Å². The van der Waals surface area contributed by atoms with Crippen molar-refractivity contribution < 1.29 is 4.79 Å². The highest BCUT2D eigenvalue weighted by Crippen LogP contribution is 2.02. The van der Waals surface area contributed by atoms with E-state index in [0.29, 0.717) is 18.8 Å². The Labute approximate surface area is 93.6 Å². The van der Waals surface area contributed by atoms with Crippen LogP contribution in [-0.2, 0) is 11.3 Å². The van der Waals surface area contributed by atoms with Crippen LogP contribution in [0.2, 0.25) is 0 Å². The van der Waals surface area contributed by atoms with E-state index in [-0.39, 0.29) is 5.91 Å². The highest BCUT2D eigenvalue weighted by Gasteiger charge is 2.10. The van der Waals surface area contributed by atoms with Crippen LogP contribution in [0, 0.1) is 6.92 Å². The lowest BCUT2D eigenvalue weighted by Crippen LogP contribution is -2.26. The number of aromatic nitrogens is 3. The van der Waals surface area contributed by atoms with Crippen molar-refractivity contribution in [3.63, 3.8) is 0 Å². The molecule has 0 fully saturated rings. The van der Waals surface area contributed by atoms with Gasteiger partial charge in [-0.05, 0) is 13.2 Å². The number of aryl methyl sites for hydroxylation is 1. The van der Waals surface area contributed by atoms with Crippen molar-refractivity contribution in [1.82, 2.24) is 20.1 Å². The third-order valence-corrected chi connectivity index (χ3v) is 2.58. The largest absolute Gasteiger partial charge is 0.338 e. The van der Waals surface area contributed by atoms with Gasteiger partial charge in [-0.1, -0.05) is 0 Å². The van der Waals surface area contributed by atoms with Gasteiger partial charge < -0.3 is 4.90 Å².